The van der Waals surface area contributed by atoms with Crippen molar-refractivity contribution in [2.24, 2.45) is 0 Å². The lowest BCUT2D eigenvalue weighted by molar-refractivity contribution is 0.868. The fourth-order valence-electron chi connectivity index (χ4n) is 10.5. The first-order valence-corrected chi connectivity index (χ1v) is 22.6. The lowest BCUT2D eigenvalue weighted by atomic mass is 10.0. The third-order valence-electron chi connectivity index (χ3n) is 12.8. The average Bonchev–Trinajstić information content (AvgIpc) is 3.28. The van der Waals surface area contributed by atoms with Gasteiger partial charge in [0, 0.05) is 132 Å². The molecule has 0 aromatic heterocycles. The Morgan fingerprint density at radius 3 is 0.741 bits per heavy atom. The Bertz CT molecular complexity index is 1920. The van der Waals surface area contributed by atoms with Crippen LogP contribution in [0.4, 0.5) is 51.2 Å². The second kappa shape index (κ2) is 16.3. The summed E-state index contributed by atoms with van der Waals surface area (Å²) in [7, 11) is 36.5. The zero-order valence-electron chi connectivity index (χ0n) is 41.3. The summed E-state index contributed by atoms with van der Waals surface area (Å²) in [5, 5.41) is 3.85. The number of rotatable bonds is 13. The molecule has 0 bridgehead atoms. The molecule has 1 aliphatic rings. The van der Waals surface area contributed by atoms with Gasteiger partial charge in [0.15, 0.2) is 8.07 Å². The molecule has 10 heteroatoms. The van der Waals surface area contributed by atoms with E-state index < -0.39 is 13.1 Å². The van der Waals surface area contributed by atoms with Crippen molar-refractivity contribution in [3.63, 3.8) is 0 Å². The summed E-state index contributed by atoms with van der Waals surface area (Å²) < 4.78 is 0. The quantitative estimate of drug-likeness (QED) is 0.138. The maximum atomic E-state index is 2.67. The van der Waals surface area contributed by atoms with Gasteiger partial charge in [0.25, 0.3) is 0 Å². The fourth-order valence-corrected chi connectivity index (χ4v) is 17.6. The highest BCUT2D eigenvalue weighted by molar-refractivity contribution is 7.16. The Balaban J connectivity index is 2.78. The third kappa shape index (κ3) is 6.96. The Kier molecular flexibility index (Phi) is 13.0. The van der Waals surface area contributed by atoms with E-state index >= 15 is 0 Å². The van der Waals surface area contributed by atoms with Crippen molar-refractivity contribution in [2.75, 3.05) is 171 Å². The van der Waals surface area contributed by atoms with Crippen molar-refractivity contribution in [1.29, 1.82) is 0 Å². The minimum absolute atomic E-state index is 0.400. The molecular weight excluding hydrogens is 731 g/mol. The molecule has 0 N–H and O–H groups in total. The van der Waals surface area contributed by atoms with E-state index in [2.05, 4.69) is 244 Å². The summed E-state index contributed by atoms with van der Waals surface area (Å²) in [5.74, 6) is 0. The highest BCUT2D eigenvalue weighted by Gasteiger charge is 2.60. The molecule has 0 saturated heterocycles. The Morgan fingerprint density at radius 2 is 0.569 bits per heavy atom. The second-order valence-corrected chi connectivity index (χ2v) is 23.1. The zero-order valence-corrected chi connectivity index (χ0v) is 42.3. The predicted molar refractivity (Wildman–Crippen MR) is 268 cm³/mol. The molecule has 3 aromatic carbocycles. The van der Waals surface area contributed by atoms with Crippen LogP contribution in [0.25, 0.3) is 0 Å². The van der Waals surface area contributed by atoms with Crippen LogP contribution in [0.3, 0.4) is 0 Å². The van der Waals surface area contributed by atoms with E-state index in [0.717, 1.165) is 0 Å². The van der Waals surface area contributed by atoms with Crippen molar-refractivity contribution in [2.45, 2.75) is 53.5 Å². The van der Waals surface area contributed by atoms with E-state index in [9.17, 15) is 0 Å². The predicted octanol–water partition coefficient (Wildman–Crippen LogP) is 6.73. The van der Waals surface area contributed by atoms with Gasteiger partial charge in [-0.25, -0.2) is 0 Å². The summed E-state index contributed by atoms with van der Waals surface area (Å²) in [6.07, 6.45) is 2.67. The van der Waals surface area contributed by atoms with E-state index in [4.69, 9.17) is 0 Å². The minimum atomic E-state index is -3.48. The van der Waals surface area contributed by atoms with Crippen molar-refractivity contribution in [3.05, 3.63) is 57.7 Å². The largest absolute Gasteiger partial charge is 0.376 e. The number of hydrogen-bond donors (Lipinski definition) is 0. The van der Waals surface area contributed by atoms with Crippen molar-refractivity contribution >= 4 is 74.8 Å². The van der Waals surface area contributed by atoms with Crippen LogP contribution in [0.15, 0.2) is 41.0 Å². The van der Waals surface area contributed by atoms with Crippen LogP contribution in [0.5, 0.6) is 0 Å². The molecule has 0 fully saturated rings. The SMILES string of the molecule is CC1=CC(C)([Si](c2cc(C)c(N(C)C)c(N(C)C)c2N(C)C)(c2cc(C)c(N(C)C)c(N(C)C)c2N(C)C)c2cc(C)c(N(C)C)c(N(C)C)c2N(C)C)C(C)=C1C. The summed E-state index contributed by atoms with van der Waals surface area (Å²) in [6, 6.07) is 7.81. The van der Waals surface area contributed by atoms with Crippen LogP contribution in [-0.2, 0) is 0 Å². The van der Waals surface area contributed by atoms with Crippen molar-refractivity contribution in [1.82, 2.24) is 0 Å². The monoisotopic (exact) mass is 810 g/mol. The summed E-state index contributed by atoms with van der Waals surface area (Å²) >= 11 is 0. The summed E-state index contributed by atoms with van der Waals surface area (Å²) in [4.78, 5) is 21.2. The first-order chi connectivity index (χ1) is 26.6. The number of nitrogens with zero attached hydrogens (tertiary/aromatic N) is 9. The fraction of sp³-hybridized carbons (Fsp3) is 0.542. The molecule has 0 heterocycles. The van der Waals surface area contributed by atoms with Gasteiger partial charge in [0.1, 0.15) is 0 Å². The lowest BCUT2D eigenvalue weighted by Crippen LogP contribution is -2.75. The van der Waals surface area contributed by atoms with Gasteiger partial charge in [-0.3, -0.25) is 0 Å². The first-order valence-electron chi connectivity index (χ1n) is 20.6. The highest BCUT2D eigenvalue weighted by Crippen LogP contribution is 2.57. The standard InChI is InChI=1S/C48H79N9Si/c1-30-26-36(42(52(14)15)45(55(20)21)39(30)49(8)9)58(48(7)29-33(4)34(5)35(48)6,37-27-31(2)40(50(10)11)46(56(22)23)43(37)53(16)17)38-28-32(3)41(51(12)13)47(57(24)25)44(38)54(18)19/h26-29H,1-25H3. The molecule has 0 amide bonds. The Hall–Kier alpha value is -4.44. The Morgan fingerprint density at radius 1 is 0.345 bits per heavy atom. The van der Waals surface area contributed by atoms with Crippen LogP contribution in [0.1, 0.15) is 44.4 Å². The van der Waals surface area contributed by atoms with Crippen LogP contribution in [-0.4, -0.2) is 135 Å². The smallest absolute Gasteiger partial charge is 0.169 e. The third-order valence-corrected chi connectivity index (χ3v) is 18.4. The van der Waals surface area contributed by atoms with Crippen molar-refractivity contribution < 1.29 is 0 Å². The molecular formula is C48H79N9Si. The van der Waals surface area contributed by atoms with E-state index in [-0.39, 0.29) is 0 Å². The normalized spacial score (nSPS) is 15.4. The maximum Gasteiger partial charge on any atom is 0.169 e. The molecule has 9 nitrogen and oxygen atoms in total. The molecule has 58 heavy (non-hydrogen) atoms. The highest BCUT2D eigenvalue weighted by atomic mass is 28.3. The average molecular weight is 810 g/mol. The van der Waals surface area contributed by atoms with E-state index in [0.29, 0.717) is 0 Å². The summed E-state index contributed by atoms with van der Waals surface area (Å²) in [6.45, 7) is 16.7. The van der Waals surface area contributed by atoms with Crippen LogP contribution >= 0.6 is 0 Å². The molecule has 0 aliphatic heterocycles. The van der Waals surface area contributed by atoms with Gasteiger partial charge in [-0.2, -0.15) is 0 Å². The lowest BCUT2D eigenvalue weighted by Gasteiger charge is -2.52. The molecule has 0 saturated carbocycles. The Labute approximate surface area is 355 Å². The maximum absolute atomic E-state index is 3.48. The van der Waals surface area contributed by atoms with Gasteiger partial charge in [-0.15, -0.1) is 0 Å². The number of hydrogen-bond acceptors (Lipinski definition) is 9. The number of allylic oxidation sites excluding steroid dienone is 4. The molecule has 3 aromatic rings. The summed E-state index contributed by atoms with van der Waals surface area (Å²) in [5.41, 5.74) is 19.3. The van der Waals surface area contributed by atoms with Crippen LogP contribution in [0, 0.1) is 20.8 Å². The van der Waals surface area contributed by atoms with Crippen LogP contribution < -0.4 is 59.7 Å². The molecule has 4 rings (SSSR count). The van der Waals surface area contributed by atoms with Gasteiger partial charge in [0.2, 0.25) is 0 Å². The molecule has 1 unspecified atom stereocenters. The topological polar surface area (TPSA) is 29.2 Å². The molecule has 1 aliphatic carbocycles. The van der Waals surface area contributed by atoms with Crippen LogP contribution in [0.2, 0.25) is 5.04 Å². The second-order valence-electron chi connectivity index (χ2n) is 18.9. The zero-order chi connectivity index (χ0) is 44.4. The van der Waals surface area contributed by atoms with Gasteiger partial charge in [-0.1, -0.05) is 42.3 Å². The molecule has 320 valence electrons. The van der Waals surface area contributed by atoms with Gasteiger partial charge >= 0.3 is 0 Å². The molecule has 0 spiro atoms. The number of benzene rings is 3. The van der Waals surface area contributed by atoms with E-state index in [1.54, 1.807) is 0 Å². The van der Waals surface area contributed by atoms with E-state index in [1.807, 2.05) is 0 Å². The molecule has 0 radical (unpaired) electrons. The molecule has 1 atom stereocenters. The van der Waals surface area contributed by atoms with Gasteiger partial charge in [-0.05, 0) is 79.4 Å². The van der Waals surface area contributed by atoms with Gasteiger partial charge < -0.3 is 44.1 Å². The minimum Gasteiger partial charge on any atom is -0.376 e. The first kappa shape index (κ1) is 46.2. The number of aryl methyl sites for hydroxylation is 3. The van der Waals surface area contributed by atoms with Gasteiger partial charge in [0.05, 0.1) is 51.2 Å². The number of anilines is 9. The van der Waals surface area contributed by atoms with Crippen molar-refractivity contribution in [3.8, 4) is 0 Å². The van der Waals surface area contributed by atoms with E-state index in [1.165, 1.54) is 100 Å².